The van der Waals surface area contributed by atoms with E-state index in [4.69, 9.17) is 27.9 Å². The van der Waals surface area contributed by atoms with Crippen LogP contribution in [0.4, 0.5) is 5.69 Å². The SMILES string of the molecule is Cc1cc(C(=O)N2CS(=O)(=O)c3ccccc32)cc(C)c1OC(=O)c1cc(Cl)c(O)c(Cl)c1. The molecule has 0 saturated carbocycles. The van der Waals surface area contributed by atoms with Crippen molar-refractivity contribution in [2.24, 2.45) is 0 Å². The van der Waals surface area contributed by atoms with E-state index in [0.29, 0.717) is 16.8 Å². The van der Waals surface area contributed by atoms with Crippen LogP contribution in [-0.2, 0) is 9.84 Å². The lowest BCUT2D eigenvalue weighted by molar-refractivity contribution is 0.0732. The number of halogens is 2. The number of hydrogen-bond acceptors (Lipinski definition) is 6. The number of carbonyl (C=O) groups is 2. The Hall–Kier alpha value is -3.07. The van der Waals surface area contributed by atoms with Gasteiger partial charge < -0.3 is 9.84 Å². The normalized spacial score (nSPS) is 14.1. The highest BCUT2D eigenvalue weighted by atomic mass is 35.5. The van der Waals surface area contributed by atoms with Crippen molar-refractivity contribution in [3.8, 4) is 11.5 Å². The van der Waals surface area contributed by atoms with Crippen LogP contribution in [0.1, 0.15) is 31.8 Å². The molecule has 10 heteroatoms. The number of esters is 1. The predicted molar refractivity (Wildman–Crippen MR) is 124 cm³/mol. The van der Waals surface area contributed by atoms with Crippen LogP contribution in [-0.4, -0.2) is 31.3 Å². The first-order valence-electron chi connectivity index (χ1n) is 9.64. The molecule has 7 nitrogen and oxygen atoms in total. The number of ether oxygens (including phenoxy) is 1. The van der Waals surface area contributed by atoms with E-state index in [1.165, 1.54) is 35.2 Å². The van der Waals surface area contributed by atoms with Crippen molar-refractivity contribution in [3.05, 3.63) is 80.8 Å². The Morgan fingerprint density at radius 3 is 2.15 bits per heavy atom. The van der Waals surface area contributed by atoms with Gasteiger partial charge in [-0.25, -0.2) is 13.2 Å². The van der Waals surface area contributed by atoms with Crippen LogP contribution in [0.25, 0.3) is 0 Å². The van der Waals surface area contributed by atoms with E-state index in [1.54, 1.807) is 32.0 Å². The zero-order valence-electron chi connectivity index (χ0n) is 17.4. The third-order valence-electron chi connectivity index (χ3n) is 5.19. The number of sulfone groups is 1. The second kappa shape index (κ2) is 8.37. The van der Waals surface area contributed by atoms with E-state index in [0.717, 1.165) is 0 Å². The first-order valence-corrected chi connectivity index (χ1v) is 12.1. The second-order valence-electron chi connectivity index (χ2n) is 7.56. The number of aromatic hydroxyl groups is 1. The van der Waals surface area contributed by atoms with Gasteiger partial charge in [-0.3, -0.25) is 9.69 Å². The number of amides is 1. The van der Waals surface area contributed by atoms with E-state index >= 15 is 0 Å². The average Bonchev–Trinajstić information content (AvgIpc) is 3.04. The lowest BCUT2D eigenvalue weighted by Crippen LogP contribution is -2.30. The molecule has 0 bridgehead atoms. The van der Waals surface area contributed by atoms with E-state index in [1.807, 2.05) is 0 Å². The molecule has 0 aliphatic carbocycles. The molecule has 0 saturated heterocycles. The van der Waals surface area contributed by atoms with E-state index in [-0.39, 0.29) is 37.6 Å². The summed E-state index contributed by atoms with van der Waals surface area (Å²) in [6.07, 6.45) is 0. The summed E-state index contributed by atoms with van der Waals surface area (Å²) in [5, 5.41) is 9.48. The summed E-state index contributed by atoms with van der Waals surface area (Å²) < 4.78 is 30.4. The van der Waals surface area contributed by atoms with Gasteiger partial charge in [-0.1, -0.05) is 35.3 Å². The number of rotatable bonds is 3. The quantitative estimate of drug-likeness (QED) is 0.400. The van der Waals surface area contributed by atoms with Gasteiger partial charge in [0.05, 0.1) is 26.2 Å². The third kappa shape index (κ3) is 4.17. The Labute approximate surface area is 200 Å². The maximum atomic E-state index is 13.2. The van der Waals surface area contributed by atoms with Gasteiger partial charge in [-0.2, -0.15) is 0 Å². The van der Waals surface area contributed by atoms with Gasteiger partial charge in [0, 0.05) is 5.56 Å². The Kier molecular flexibility index (Phi) is 5.86. The first-order chi connectivity index (χ1) is 15.5. The summed E-state index contributed by atoms with van der Waals surface area (Å²) >= 11 is 11.8. The minimum atomic E-state index is -3.60. The minimum absolute atomic E-state index is 0.0423. The standard InChI is InChI=1S/C23H17Cl2NO6S/c1-12-7-14(22(28)26-11-33(30,31)19-6-4-3-5-18(19)26)8-13(2)21(12)32-23(29)15-9-16(24)20(27)17(25)10-15/h3-10,27H,11H2,1-2H3. The Morgan fingerprint density at radius 1 is 0.970 bits per heavy atom. The van der Waals surface area contributed by atoms with E-state index < -0.39 is 27.6 Å². The van der Waals surface area contributed by atoms with Crippen LogP contribution in [0.5, 0.6) is 11.5 Å². The lowest BCUT2D eigenvalue weighted by Gasteiger charge is -2.18. The number of phenols is 1. The minimum Gasteiger partial charge on any atom is -0.505 e. The van der Waals surface area contributed by atoms with Crippen LogP contribution >= 0.6 is 23.2 Å². The molecule has 0 aromatic heterocycles. The molecule has 0 spiro atoms. The Morgan fingerprint density at radius 2 is 1.55 bits per heavy atom. The van der Waals surface area contributed by atoms with Gasteiger partial charge in [0.2, 0.25) is 0 Å². The number of carbonyl (C=O) groups excluding carboxylic acids is 2. The average molecular weight is 506 g/mol. The van der Waals surface area contributed by atoms with Crippen molar-refractivity contribution in [1.82, 2.24) is 0 Å². The number of nitrogens with zero attached hydrogens (tertiary/aromatic N) is 1. The van der Waals surface area contributed by atoms with Crippen LogP contribution in [0, 0.1) is 13.8 Å². The van der Waals surface area contributed by atoms with Crippen molar-refractivity contribution >= 4 is 50.6 Å². The highest BCUT2D eigenvalue weighted by molar-refractivity contribution is 7.92. The summed E-state index contributed by atoms with van der Waals surface area (Å²) in [4.78, 5) is 27.1. The lowest BCUT2D eigenvalue weighted by atomic mass is 10.0. The van der Waals surface area contributed by atoms with Crippen molar-refractivity contribution in [1.29, 1.82) is 0 Å². The van der Waals surface area contributed by atoms with E-state index in [9.17, 15) is 23.1 Å². The van der Waals surface area contributed by atoms with Gasteiger partial charge in [0.15, 0.2) is 15.6 Å². The first kappa shape index (κ1) is 23.1. The zero-order valence-corrected chi connectivity index (χ0v) is 19.8. The van der Waals surface area contributed by atoms with E-state index in [2.05, 4.69) is 0 Å². The molecular weight excluding hydrogens is 489 g/mol. The molecule has 1 aliphatic heterocycles. The number of benzene rings is 3. The molecule has 4 rings (SSSR count). The summed E-state index contributed by atoms with van der Waals surface area (Å²) in [6, 6.07) is 11.9. The third-order valence-corrected chi connectivity index (χ3v) is 7.38. The monoisotopic (exact) mass is 505 g/mol. The highest BCUT2D eigenvalue weighted by Crippen LogP contribution is 2.36. The maximum Gasteiger partial charge on any atom is 0.343 e. The molecule has 3 aromatic rings. The Balaban J connectivity index is 1.63. The smallest absolute Gasteiger partial charge is 0.343 e. The molecule has 0 fully saturated rings. The second-order valence-corrected chi connectivity index (χ2v) is 10.3. The van der Waals surface area contributed by atoms with Crippen LogP contribution in [0.15, 0.2) is 53.4 Å². The molecule has 33 heavy (non-hydrogen) atoms. The van der Waals surface area contributed by atoms with Gasteiger partial charge in [-0.15, -0.1) is 0 Å². The van der Waals surface area contributed by atoms with Crippen molar-refractivity contribution < 1.29 is 27.9 Å². The topological polar surface area (TPSA) is 101 Å². The summed E-state index contributed by atoms with van der Waals surface area (Å²) in [5.74, 6) is -1.77. The molecule has 0 unspecified atom stereocenters. The molecule has 1 N–H and O–H groups in total. The number of hydrogen-bond donors (Lipinski definition) is 1. The molecular formula is C23H17Cl2NO6S. The summed E-state index contributed by atoms with van der Waals surface area (Å²) in [6.45, 7) is 3.33. The molecule has 3 aromatic carbocycles. The number of anilines is 1. The van der Waals surface area contributed by atoms with Crippen LogP contribution in [0.3, 0.4) is 0 Å². The summed E-state index contributed by atoms with van der Waals surface area (Å²) in [5.41, 5.74) is 1.62. The van der Waals surface area contributed by atoms with Crippen molar-refractivity contribution in [2.45, 2.75) is 18.7 Å². The van der Waals surface area contributed by atoms with Crippen LogP contribution in [0.2, 0.25) is 10.0 Å². The van der Waals surface area contributed by atoms with Crippen LogP contribution < -0.4 is 9.64 Å². The highest BCUT2D eigenvalue weighted by Gasteiger charge is 2.36. The summed E-state index contributed by atoms with van der Waals surface area (Å²) in [7, 11) is -3.60. The molecule has 0 atom stereocenters. The predicted octanol–water partition coefficient (Wildman–Crippen LogP) is 4.93. The fourth-order valence-corrected chi connectivity index (χ4v) is 5.65. The molecule has 1 heterocycles. The molecule has 1 aliphatic rings. The largest absolute Gasteiger partial charge is 0.505 e. The fourth-order valence-electron chi connectivity index (χ4n) is 3.65. The molecule has 0 radical (unpaired) electrons. The fraction of sp³-hybridized carbons (Fsp3) is 0.130. The molecule has 1 amide bonds. The number of aryl methyl sites for hydroxylation is 2. The maximum absolute atomic E-state index is 13.2. The van der Waals surface area contributed by atoms with Gasteiger partial charge in [0.1, 0.15) is 11.6 Å². The van der Waals surface area contributed by atoms with Crippen molar-refractivity contribution in [3.63, 3.8) is 0 Å². The van der Waals surface area contributed by atoms with Gasteiger partial charge in [-0.05, 0) is 61.4 Å². The number of fused-ring (bicyclic) bond motifs is 1. The van der Waals surface area contributed by atoms with Gasteiger partial charge in [0.25, 0.3) is 5.91 Å². The van der Waals surface area contributed by atoms with Gasteiger partial charge >= 0.3 is 5.97 Å². The number of para-hydroxylation sites is 1. The zero-order chi connectivity index (χ0) is 24.1. The number of phenolic OH excluding ortho intramolecular Hbond substituents is 1. The molecule has 170 valence electrons. The Bertz CT molecular complexity index is 1390. The van der Waals surface area contributed by atoms with Crippen molar-refractivity contribution in [2.75, 3.05) is 10.8 Å².